The van der Waals surface area contributed by atoms with Gasteiger partial charge in [-0.2, -0.15) is 13.8 Å². The maximum Gasteiger partial charge on any atom is 0.315 e. The van der Waals surface area contributed by atoms with Crippen molar-refractivity contribution >= 4 is 16.9 Å². The molecule has 1 aromatic heterocycles. The van der Waals surface area contributed by atoms with Gasteiger partial charge in [-0.1, -0.05) is 0 Å². The van der Waals surface area contributed by atoms with Gasteiger partial charge in [0.05, 0.1) is 18.8 Å². The smallest absolute Gasteiger partial charge is 0.315 e. The first-order valence-electron chi connectivity index (χ1n) is 11.1. The predicted octanol–water partition coefficient (Wildman–Crippen LogP) is 3.87. The predicted molar refractivity (Wildman–Crippen MR) is 111 cm³/mol. The molecule has 0 spiro atoms. The highest BCUT2D eigenvalue weighted by molar-refractivity contribution is 5.80. The van der Waals surface area contributed by atoms with Crippen LogP contribution in [0.1, 0.15) is 45.4 Å². The number of amides is 1. The van der Waals surface area contributed by atoms with Crippen LogP contribution in [0.3, 0.4) is 0 Å². The lowest BCUT2D eigenvalue weighted by Gasteiger charge is -2.29. The van der Waals surface area contributed by atoms with Crippen LogP contribution in [0, 0.1) is 11.6 Å². The van der Waals surface area contributed by atoms with Crippen molar-refractivity contribution < 1.29 is 36.6 Å². The van der Waals surface area contributed by atoms with Gasteiger partial charge in [0, 0.05) is 19.2 Å². The van der Waals surface area contributed by atoms with Crippen LogP contribution in [0.4, 0.5) is 17.6 Å². The molecule has 0 unspecified atom stereocenters. The Morgan fingerprint density at radius 3 is 2.36 bits per heavy atom. The minimum Gasteiger partial charge on any atom is -0.487 e. The molecule has 1 atom stereocenters. The van der Waals surface area contributed by atoms with Gasteiger partial charge in [-0.3, -0.25) is 9.36 Å². The minimum absolute atomic E-state index is 0.00231. The number of ether oxygens (including phenoxy) is 3. The fourth-order valence-corrected chi connectivity index (χ4v) is 3.91. The number of aryl methyl sites for hydroxylation is 1. The van der Waals surface area contributed by atoms with Gasteiger partial charge in [-0.25, -0.2) is 8.78 Å². The van der Waals surface area contributed by atoms with Crippen molar-refractivity contribution in [2.24, 2.45) is 7.05 Å². The van der Waals surface area contributed by atoms with Gasteiger partial charge in [0.2, 0.25) is 0 Å². The molecule has 0 bridgehead atoms. The molecule has 2 aliphatic carbocycles. The Bertz CT molecular complexity index is 1000. The highest BCUT2D eigenvalue weighted by atomic mass is 19.3. The third-order valence-electron chi connectivity index (χ3n) is 5.84. The van der Waals surface area contributed by atoms with E-state index in [-0.39, 0.29) is 47.7 Å². The number of halogens is 4. The molecule has 1 amide bonds. The summed E-state index contributed by atoms with van der Waals surface area (Å²) in [5.41, 5.74) is -0.109. The molecule has 1 N–H and O–H groups in total. The lowest BCUT2D eigenvalue weighted by Crippen LogP contribution is -2.40. The number of carbonyl (C=O) groups excluding carboxylic acids is 1. The molecule has 2 fully saturated rings. The van der Waals surface area contributed by atoms with E-state index in [0.717, 1.165) is 18.9 Å². The zero-order valence-corrected chi connectivity index (χ0v) is 18.5. The van der Waals surface area contributed by atoms with E-state index in [1.807, 2.05) is 0 Å². The fourth-order valence-electron chi connectivity index (χ4n) is 3.91. The molecule has 11 heteroatoms. The summed E-state index contributed by atoms with van der Waals surface area (Å²) >= 11 is 0. The van der Waals surface area contributed by atoms with E-state index in [1.54, 1.807) is 14.0 Å². The topological polar surface area (TPSA) is 74.6 Å². The lowest BCUT2D eigenvalue weighted by molar-refractivity contribution is -0.133. The Morgan fingerprint density at radius 1 is 1.12 bits per heavy atom. The number of rotatable bonds is 9. The monoisotopic (exact) mass is 473 g/mol. The average molecular weight is 473 g/mol. The fraction of sp³-hybridized carbons (Fsp3) is 0.636. The van der Waals surface area contributed by atoms with E-state index in [9.17, 15) is 22.4 Å². The minimum atomic E-state index is -3.05. The van der Waals surface area contributed by atoms with Crippen molar-refractivity contribution in [3.63, 3.8) is 0 Å². The highest BCUT2D eigenvalue weighted by Gasteiger charge is 2.29. The van der Waals surface area contributed by atoms with Gasteiger partial charge in [-0.05, 0) is 45.4 Å². The van der Waals surface area contributed by atoms with Gasteiger partial charge < -0.3 is 19.5 Å². The summed E-state index contributed by atoms with van der Waals surface area (Å²) in [4.78, 5) is 15.2. The Hall–Kier alpha value is -2.56. The number of alkyl halides is 2. The molecule has 2 aromatic rings. The number of carbonyl (C=O) groups is 1. The number of aromatic nitrogens is 2. The van der Waals surface area contributed by atoms with E-state index < -0.39 is 30.0 Å². The van der Waals surface area contributed by atoms with Gasteiger partial charge in [0.1, 0.15) is 17.1 Å². The largest absolute Gasteiger partial charge is 0.487 e. The Morgan fingerprint density at radius 2 is 1.73 bits per heavy atom. The van der Waals surface area contributed by atoms with Gasteiger partial charge in [-0.15, -0.1) is 0 Å². The number of imidazole rings is 1. The first-order chi connectivity index (χ1) is 15.7. The van der Waals surface area contributed by atoms with Crippen LogP contribution in [0.25, 0.3) is 11.0 Å². The van der Waals surface area contributed by atoms with Crippen molar-refractivity contribution in [2.45, 2.75) is 76.2 Å². The molecule has 1 aromatic carbocycles. The summed E-state index contributed by atoms with van der Waals surface area (Å²) in [5.74, 6) is -2.76. The van der Waals surface area contributed by atoms with Crippen molar-refractivity contribution in [3.8, 4) is 11.8 Å². The first kappa shape index (κ1) is 23.6. The van der Waals surface area contributed by atoms with Crippen molar-refractivity contribution in [1.29, 1.82) is 0 Å². The molecular weight excluding hydrogens is 446 g/mol. The van der Waals surface area contributed by atoms with Crippen molar-refractivity contribution in [2.75, 3.05) is 6.61 Å². The van der Waals surface area contributed by atoms with E-state index in [4.69, 9.17) is 14.2 Å². The van der Waals surface area contributed by atoms with E-state index >= 15 is 0 Å². The van der Waals surface area contributed by atoms with Crippen LogP contribution in [0.2, 0.25) is 0 Å². The van der Waals surface area contributed by atoms with Crippen LogP contribution in [0.15, 0.2) is 6.07 Å². The molecule has 0 radical (unpaired) electrons. The Balaban J connectivity index is 1.32. The summed E-state index contributed by atoms with van der Waals surface area (Å²) in [5, 5.41) is 2.19. The summed E-state index contributed by atoms with van der Waals surface area (Å²) in [7, 11) is 1.57. The quantitative estimate of drug-likeness (QED) is 0.560. The van der Waals surface area contributed by atoms with Crippen LogP contribution >= 0.6 is 0 Å². The van der Waals surface area contributed by atoms with Crippen LogP contribution < -0.4 is 14.8 Å². The van der Waals surface area contributed by atoms with Crippen molar-refractivity contribution in [1.82, 2.24) is 14.9 Å². The molecule has 2 aliphatic rings. The number of fused-ring (bicyclic) bond motifs is 1. The highest BCUT2D eigenvalue weighted by Crippen LogP contribution is 2.35. The molecule has 2 saturated carbocycles. The van der Waals surface area contributed by atoms with Crippen LogP contribution in [-0.4, -0.2) is 52.8 Å². The maximum atomic E-state index is 14.9. The zero-order valence-electron chi connectivity index (χ0n) is 18.5. The first-order valence-corrected chi connectivity index (χ1v) is 11.1. The number of benzene rings is 1. The molecule has 0 aliphatic heterocycles. The molecule has 1 heterocycles. The van der Waals surface area contributed by atoms with E-state index in [0.29, 0.717) is 25.7 Å². The standard InChI is InChI=1S/C22H27F4N3O4/c1-11(27-21(30)20(25)26)10-31-12-3-5-14(6-4-12)33-22-28-18-15(23)9-16(32-13-7-8-13)17(24)19(18)29(22)2/h9,11-14,20H,3-8,10H2,1-2H3,(H,27,30)/t11-,12?,14?/m0/s1. The summed E-state index contributed by atoms with van der Waals surface area (Å²) in [6.07, 6.45) is 0.821. The second-order valence-corrected chi connectivity index (χ2v) is 8.70. The SMILES string of the molecule is C[C@@H](COC1CCC(Oc2nc3c(F)cc(OC4CC4)c(F)c3n2C)CC1)NC(=O)C(F)F. The summed E-state index contributed by atoms with van der Waals surface area (Å²) in [6, 6.07) is 0.623. The number of nitrogens with one attached hydrogen (secondary N) is 1. The number of hydrogen-bond donors (Lipinski definition) is 1. The van der Waals surface area contributed by atoms with E-state index in [2.05, 4.69) is 10.3 Å². The van der Waals surface area contributed by atoms with Crippen LogP contribution in [0.5, 0.6) is 11.8 Å². The summed E-state index contributed by atoms with van der Waals surface area (Å²) < 4.78 is 72.6. The lowest BCUT2D eigenvalue weighted by atomic mass is 9.95. The third-order valence-corrected chi connectivity index (χ3v) is 5.84. The second-order valence-electron chi connectivity index (χ2n) is 8.70. The third kappa shape index (κ3) is 5.51. The Labute approximate surface area is 188 Å². The molecule has 33 heavy (non-hydrogen) atoms. The number of nitrogens with zero attached hydrogens (tertiary/aromatic N) is 2. The molecule has 7 nitrogen and oxygen atoms in total. The van der Waals surface area contributed by atoms with Crippen LogP contribution in [-0.2, 0) is 16.6 Å². The second kappa shape index (κ2) is 9.74. The molecule has 4 rings (SSSR count). The maximum absolute atomic E-state index is 14.9. The normalized spacial score (nSPS) is 21.9. The van der Waals surface area contributed by atoms with Gasteiger partial charge in [0.25, 0.3) is 11.9 Å². The van der Waals surface area contributed by atoms with Gasteiger partial charge >= 0.3 is 6.43 Å². The van der Waals surface area contributed by atoms with Gasteiger partial charge in [0.15, 0.2) is 17.4 Å². The molecule has 182 valence electrons. The number of hydrogen-bond acceptors (Lipinski definition) is 5. The molecule has 0 saturated heterocycles. The molecular formula is C22H27F4N3O4. The zero-order chi connectivity index (χ0) is 23.7. The summed E-state index contributed by atoms with van der Waals surface area (Å²) in [6.45, 7) is 1.73. The van der Waals surface area contributed by atoms with Crippen molar-refractivity contribution in [3.05, 3.63) is 17.7 Å². The van der Waals surface area contributed by atoms with E-state index in [1.165, 1.54) is 4.57 Å². The average Bonchev–Trinajstić information content (AvgIpc) is 3.53. The Kier molecular flexibility index (Phi) is 6.96.